The molecule has 0 saturated carbocycles. The largest absolute Gasteiger partial charge is 0.454 e. The van der Waals surface area contributed by atoms with E-state index < -0.39 is 5.30 Å². The topological polar surface area (TPSA) is 26.3 Å². The van der Waals surface area contributed by atoms with Gasteiger partial charge in [-0.15, -0.1) is 0 Å². The van der Waals surface area contributed by atoms with E-state index in [1.807, 2.05) is 20.8 Å². The summed E-state index contributed by atoms with van der Waals surface area (Å²) in [5.41, 5.74) is 0. The number of carbonyl (C=O) groups excluding carboxylic acids is 1. The molecule has 0 aliphatic rings. The number of rotatable bonds is 2. The Balaban J connectivity index is 3.50. The Kier molecular flexibility index (Phi) is 3.70. The van der Waals surface area contributed by atoms with Crippen molar-refractivity contribution >= 4 is 17.9 Å². The van der Waals surface area contributed by atoms with Crippen LogP contribution in [-0.2, 0) is 4.74 Å². The quantitative estimate of drug-likeness (QED) is 0.479. The summed E-state index contributed by atoms with van der Waals surface area (Å²) in [4.78, 5) is 10.2. The Morgan fingerprint density at radius 2 is 1.89 bits per heavy atom. The molecule has 0 aromatic carbocycles. The second-order valence-electron chi connectivity index (χ2n) is 2.33. The molecule has 3 heteroatoms. The van der Waals surface area contributed by atoms with Crippen LogP contribution in [0.15, 0.2) is 0 Å². The molecule has 0 amide bonds. The van der Waals surface area contributed by atoms with Gasteiger partial charge in [0.25, 0.3) is 0 Å². The van der Waals surface area contributed by atoms with Crippen molar-refractivity contribution in [2.24, 2.45) is 5.92 Å². The number of carbonyl (C=O) groups is 1. The molecule has 0 N–H and O–H groups in total. The first-order chi connectivity index (χ1) is 4.04. The Morgan fingerprint density at radius 1 is 1.44 bits per heavy atom. The Morgan fingerprint density at radius 3 is 2.00 bits per heavy atom. The molecule has 0 fully saturated rings. The van der Waals surface area contributed by atoms with Crippen molar-refractivity contribution in [3.63, 3.8) is 0 Å². The highest BCUT2D eigenvalue weighted by atomic mass is 32.1. The Bertz CT molecular complexity index is 101. The highest BCUT2D eigenvalue weighted by Gasteiger charge is 2.08. The van der Waals surface area contributed by atoms with Crippen LogP contribution in [0.2, 0.25) is 0 Å². The molecule has 0 rings (SSSR count). The van der Waals surface area contributed by atoms with Crippen LogP contribution in [0.1, 0.15) is 20.8 Å². The average Bonchev–Trinajstić information content (AvgIpc) is 1.63. The first kappa shape index (κ1) is 8.82. The van der Waals surface area contributed by atoms with Crippen LogP contribution in [-0.4, -0.2) is 11.4 Å². The van der Waals surface area contributed by atoms with Gasteiger partial charge in [0.05, 0.1) is 0 Å². The number of hydrogen-bond donors (Lipinski definition) is 1. The van der Waals surface area contributed by atoms with E-state index in [4.69, 9.17) is 4.74 Å². The predicted molar refractivity (Wildman–Crippen MR) is 39.8 cm³/mol. The molecule has 54 valence electrons. The van der Waals surface area contributed by atoms with Gasteiger partial charge in [0, 0.05) is 0 Å². The van der Waals surface area contributed by atoms with E-state index in [9.17, 15) is 4.79 Å². The lowest BCUT2D eigenvalue weighted by Gasteiger charge is -2.13. The zero-order valence-corrected chi connectivity index (χ0v) is 6.81. The van der Waals surface area contributed by atoms with Crippen molar-refractivity contribution in [2.75, 3.05) is 0 Å². The van der Waals surface area contributed by atoms with Crippen molar-refractivity contribution < 1.29 is 9.53 Å². The van der Waals surface area contributed by atoms with Crippen LogP contribution < -0.4 is 0 Å². The van der Waals surface area contributed by atoms with Crippen molar-refractivity contribution in [1.29, 1.82) is 0 Å². The van der Waals surface area contributed by atoms with E-state index in [2.05, 4.69) is 12.6 Å². The fraction of sp³-hybridized carbons (Fsp3) is 0.833. The highest BCUT2D eigenvalue weighted by molar-refractivity contribution is 7.96. The molecule has 0 aliphatic carbocycles. The summed E-state index contributed by atoms with van der Waals surface area (Å²) in [6.07, 6.45) is -0.0324. The summed E-state index contributed by atoms with van der Waals surface area (Å²) < 4.78 is 4.74. The van der Waals surface area contributed by atoms with Crippen LogP contribution in [0.4, 0.5) is 4.79 Å². The molecule has 2 nitrogen and oxygen atoms in total. The van der Waals surface area contributed by atoms with Crippen molar-refractivity contribution in [3.8, 4) is 0 Å². The van der Waals surface area contributed by atoms with Gasteiger partial charge in [0.2, 0.25) is 0 Å². The minimum Gasteiger partial charge on any atom is -0.454 e. The van der Waals surface area contributed by atoms with Crippen LogP contribution in [0.25, 0.3) is 0 Å². The Hall–Kier alpha value is -0.180. The SMILES string of the molecule is CC(C)C(C)OC(=O)S. The summed E-state index contributed by atoms with van der Waals surface area (Å²) in [6, 6.07) is 0. The molecule has 0 aliphatic heterocycles. The zero-order chi connectivity index (χ0) is 7.44. The molecule has 0 bridgehead atoms. The van der Waals surface area contributed by atoms with Gasteiger partial charge in [-0.2, -0.15) is 0 Å². The smallest absolute Gasteiger partial charge is 0.364 e. The summed E-state index contributed by atoms with van der Waals surface area (Å²) in [5.74, 6) is 0.362. The monoisotopic (exact) mass is 148 g/mol. The van der Waals surface area contributed by atoms with Gasteiger partial charge < -0.3 is 4.74 Å². The van der Waals surface area contributed by atoms with E-state index in [0.717, 1.165) is 0 Å². The van der Waals surface area contributed by atoms with Gasteiger partial charge in [0.1, 0.15) is 6.10 Å². The van der Waals surface area contributed by atoms with E-state index in [0.29, 0.717) is 5.92 Å². The first-order valence-corrected chi connectivity index (χ1v) is 3.38. The van der Waals surface area contributed by atoms with Gasteiger partial charge in [0.15, 0.2) is 0 Å². The fourth-order valence-corrected chi connectivity index (χ4v) is 0.461. The van der Waals surface area contributed by atoms with Crippen molar-refractivity contribution in [1.82, 2.24) is 0 Å². The molecular weight excluding hydrogens is 136 g/mol. The van der Waals surface area contributed by atoms with E-state index >= 15 is 0 Å². The number of thiol groups is 1. The summed E-state index contributed by atoms with van der Waals surface area (Å²) in [5, 5.41) is -0.504. The summed E-state index contributed by atoms with van der Waals surface area (Å²) in [7, 11) is 0. The summed E-state index contributed by atoms with van der Waals surface area (Å²) >= 11 is 3.47. The lowest BCUT2D eigenvalue weighted by molar-refractivity contribution is 0.105. The van der Waals surface area contributed by atoms with Crippen molar-refractivity contribution in [3.05, 3.63) is 0 Å². The fourth-order valence-electron chi connectivity index (χ4n) is 0.295. The third-order valence-electron chi connectivity index (χ3n) is 1.23. The van der Waals surface area contributed by atoms with Crippen LogP contribution in [0, 0.1) is 5.92 Å². The van der Waals surface area contributed by atoms with Crippen LogP contribution in [0.5, 0.6) is 0 Å². The van der Waals surface area contributed by atoms with Crippen LogP contribution >= 0.6 is 12.6 Å². The van der Waals surface area contributed by atoms with E-state index in [1.54, 1.807) is 0 Å². The average molecular weight is 148 g/mol. The number of ether oxygens (including phenoxy) is 1. The Labute approximate surface area is 61.0 Å². The molecule has 0 aromatic rings. The molecule has 1 unspecified atom stereocenters. The summed E-state index contributed by atoms with van der Waals surface area (Å²) in [6.45, 7) is 5.82. The minimum absolute atomic E-state index is 0.0324. The second-order valence-corrected chi connectivity index (χ2v) is 2.70. The lowest BCUT2D eigenvalue weighted by Crippen LogP contribution is -2.16. The third kappa shape index (κ3) is 4.33. The second kappa shape index (κ2) is 3.77. The lowest BCUT2D eigenvalue weighted by atomic mass is 10.1. The van der Waals surface area contributed by atoms with Crippen LogP contribution in [0.3, 0.4) is 0 Å². The normalized spacial score (nSPS) is 13.4. The minimum atomic E-state index is -0.504. The van der Waals surface area contributed by atoms with E-state index in [-0.39, 0.29) is 6.10 Å². The molecule has 0 radical (unpaired) electrons. The maximum atomic E-state index is 10.2. The maximum Gasteiger partial charge on any atom is 0.364 e. The number of hydrogen-bond acceptors (Lipinski definition) is 2. The molecule has 0 heterocycles. The molecule has 0 saturated heterocycles. The predicted octanol–water partition coefficient (Wildman–Crippen LogP) is 2.10. The van der Waals surface area contributed by atoms with Gasteiger partial charge in [-0.1, -0.05) is 26.5 Å². The molecular formula is C6H12O2S. The zero-order valence-electron chi connectivity index (χ0n) is 5.92. The molecule has 0 aromatic heterocycles. The van der Waals surface area contributed by atoms with E-state index in [1.165, 1.54) is 0 Å². The first-order valence-electron chi connectivity index (χ1n) is 2.93. The molecule has 9 heavy (non-hydrogen) atoms. The molecule has 0 spiro atoms. The highest BCUT2D eigenvalue weighted by Crippen LogP contribution is 2.06. The third-order valence-corrected chi connectivity index (χ3v) is 1.33. The van der Waals surface area contributed by atoms with Gasteiger partial charge >= 0.3 is 5.30 Å². The standard InChI is InChI=1S/C6H12O2S/c1-4(2)5(3)8-6(7)9/h4-5H,1-3H3,(H,7,9). The maximum absolute atomic E-state index is 10.2. The van der Waals surface area contributed by atoms with Gasteiger partial charge in [-0.05, 0) is 12.8 Å². The van der Waals surface area contributed by atoms with Crippen molar-refractivity contribution in [2.45, 2.75) is 26.9 Å². The molecule has 1 atom stereocenters. The van der Waals surface area contributed by atoms with Gasteiger partial charge in [-0.25, -0.2) is 4.79 Å². The van der Waals surface area contributed by atoms with Gasteiger partial charge in [-0.3, -0.25) is 0 Å².